The molecular formula is C13H21F2NO3. The van der Waals surface area contributed by atoms with Crippen molar-refractivity contribution in [1.29, 1.82) is 0 Å². The number of likely N-dealkylation sites (N-methyl/N-ethyl adjacent to an activating group) is 1. The third-order valence-electron chi connectivity index (χ3n) is 2.86. The Labute approximate surface area is 112 Å². The van der Waals surface area contributed by atoms with Crippen LogP contribution < -0.4 is 0 Å². The SMILES string of the molecule is C=CCCC(=O)N(C)C(CCCCC(F)F)C(=O)O. The lowest BCUT2D eigenvalue weighted by atomic mass is 10.1. The molecule has 0 aromatic heterocycles. The Hall–Kier alpha value is -1.46. The smallest absolute Gasteiger partial charge is 0.326 e. The van der Waals surface area contributed by atoms with E-state index in [0.717, 1.165) is 0 Å². The van der Waals surface area contributed by atoms with Crippen molar-refractivity contribution >= 4 is 11.9 Å². The maximum absolute atomic E-state index is 12.0. The van der Waals surface area contributed by atoms with Crippen LogP contribution in [0.2, 0.25) is 0 Å². The van der Waals surface area contributed by atoms with Crippen molar-refractivity contribution in [3.63, 3.8) is 0 Å². The average molecular weight is 277 g/mol. The Balaban J connectivity index is 4.26. The summed E-state index contributed by atoms with van der Waals surface area (Å²) in [4.78, 5) is 23.9. The second-order valence-corrected chi connectivity index (χ2v) is 4.36. The molecule has 0 saturated carbocycles. The van der Waals surface area contributed by atoms with Crippen LogP contribution in [0.15, 0.2) is 12.7 Å². The number of carbonyl (C=O) groups is 2. The topological polar surface area (TPSA) is 57.6 Å². The van der Waals surface area contributed by atoms with Crippen LogP contribution in [0, 0.1) is 0 Å². The molecule has 0 bridgehead atoms. The first-order chi connectivity index (χ1) is 8.90. The quantitative estimate of drug-likeness (QED) is 0.493. The standard InChI is InChI=1S/C13H21F2NO3/c1-3-4-9-12(17)16(2)10(13(18)19)7-5-6-8-11(14)15/h3,10-11H,1,4-9H2,2H3,(H,18,19). The van der Waals surface area contributed by atoms with Crippen LogP contribution >= 0.6 is 0 Å². The van der Waals surface area contributed by atoms with Gasteiger partial charge in [0.2, 0.25) is 12.3 Å². The van der Waals surface area contributed by atoms with Gasteiger partial charge in [-0.3, -0.25) is 4.79 Å². The fourth-order valence-electron chi connectivity index (χ4n) is 1.69. The molecule has 110 valence electrons. The minimum atomic E-state index is -2.37. The van der Waals surface area contributed by atoms with Crippen molar-refractivity contribution in [3.05, 3.63) is 12.7 Å². The molecule has 0 fully saturated rings. The molecule has 19 heavy (non-hydrogen) atoms. The molecular weight excluding hydrogens is 256 g/mol. The van der Waals surface area contributed by atoms with Gasteiger partial charge in [-0.2, -0.15) is 0 Å². The van der Waals surface area contributed by atoms with Crippen molar-refractivity contribution in [3.8, 4) is 0 Å². The zero-order valence-electron chi connectivity index (χ0n) is 11.1. The van der Waals surface area contributed by atoms with Crippen LogP contribution in [0.3, 0.4) is 0 Å². The molecule has 0 saturated heterocycles. The number of alkyl halides is 2. The summed E-state index contributed by atoms with van der Waals surface area (Å²) in [5.74, 6) is -1.38. The van der Waals surface area contributed by atoms with Gasteiger partial charge >= 0.3 is 5.97 Å². The normalized spacial score (nSPS) is 12.2. The molecule has 0 spiro atoms. The van der Waals surface area contributed by atoms with E-state index in [0.29, 0.717) is 12.8 Å². The van der Waals surface area contributed by atoms with Gasteiger partial charge in [0.15, 0.2) is 0 Å². The van der Waals surface area contributed by atoms with E-state index in [2.05, 4.69) is 6.58 Å². The zero-order valence-corrected chi connectivity index (χ0v) is 11.1. The minimum absolute atomic E-state index is 0.193. The number of rotatable bonds is 10. The molecule has 0 aliphatic rings. The van der Waals surface area contributed by atoms with Crippen molar-refractivity contribution in [2.24, 2.45) is 0 Å². The predicted octanol–water partition coefficient (Wildman–Crippen LogP) is 2.69. The fraction of sp³-hybridized carbons (Fsp3) is 0.692. The molecule has 0 aromatic rings. The maximum Gasteiger partial charge on any atom is 0.326 e. The van der Waals surface area contributed by atoms with Crippen molar-refractivity contribution in [2.45, 2.75) is 51.0 Å². The van der Waals surface area contributed by atoms with Gasteiger partial charge in [-0.05, 0) is 19.3 Å². The summed E-state index contributed by atoms with van der Waals surface area (Å²) >= 11 is 0. The molecule has 0 aliphatic heterocycles. The number of carboxylic acid groups (broad SMARTS) is 1. The molecule has 1 amide bonds. The molecule has 1 unspecified atom stereocenters. The Morgan fingerprint density at radius 2 is 1.89 bits per heavy atom. The molecule has 0 aromatic carbocycles. The van der Waals surface area contributed by atoms with E-state index in [1.807, 2.05) is 0 Å². The highest BCUT2D eigenvalue weighted by Gasteiger charge is 2.25. The van der Waals surface area contributed by atoms with Gasteiger partial charge in [0.1, 0.15) is 6.04 Å². The van der Waals surface area contributed by atoms with Gasteiger partial charge in [0, 0.05) is 19.9 Å². The number of halogens is 2. The van der Waals surface area contributed by atoms with Gasteiger partial charge in [-0.15, -0.1) is 6.58 Å². The molecule has 4 nitrogen and oxygen atoms in total. The van der Waals surface area contributed by atoms with E-state index in [4.69, 9.17) is 5.11 Å². The van der Waals surface area contributed by atoms with E-state index < -0.39 is 18.4 Å². The van der Waals surface area contributed by atoms with Gasteiger partial charge in [-0.25, -0.2) is 13.6 Å². The highest BCUT2D eigenvalue weighted by atomic mass is 19.3. The van der Waals surface area contributed by atoms with E-state index in [1.165, 1.54) is 11.9 Å². The number of hydrogen-bond acceptors (Lipinski definition) is 2. The van der Waals surface area contributed by atoms with Gasteiger partial charge in [-0.1, -0.05) is 12.5 Å². The zero-order chi connectivity index (χ0) is 14.8. The van der Waals surface area contributed by atoms with Crippen LogP contribution in [-0.2, 0) is 9.59 Å². The van der Waals surface area contributed by atoms with Gasteiger partial charge in [0.25, 0.3) is 0 Å². The summed E-state index contributed by atoms with van der Waals surface area (Å²) < 4.78 is 23.9. The van der Waals surface area contributed by atoms with Crippen LogP contribution in [-0.4, -0.2) is 41.4 Å². The largest absolute Gasteiger partial charge is 0.480 e. The Morgan fingerprint density at radius 3 is 2.37 bits per heavy atom. The summed E-state index contributed by atoms with van der Waals surface area (Å²) in [7, 11) is 1.43. The van der Waals surface area contributed by atoms with Crippen LogP contribution in [0.1, 0.15) is 38.5 Å². The summed E-state index contributed by atoms with van der Waals surface area (Å²) in [6.07, 6.45) is 0.497. The monoisotopic (exact) mass is 277 g/mol. The second-order valence-electron chi connectivity index (χ2n) is 4.36. The predicted molar refractivity (Wildman–Crippen MR) is 68.1 cm³/mol. The van der Waals surface area contributed by atoms with Crippen molar-refractivity contribution in [1.82, 2.24) is 4.90 Å². The highest BCUT2D eigenvalue weighted by Crippen LogP contribution is 2.13. The lowest BCUT2D eigenvalue weighted by Crippen LogP contribution is -2.42. The van der Waals surface area contributed by atoms with Crippen LogP contribution in [0.4, 0.5) is 8.78 Å². The molecule has 0 heterocycles. The summed E-state index contributed by atoms with van der Waals surface area (Å²) in [5, 5.41) is 9.06. The third kappa shape index (κ3) is 7.54. The van der Waals surface area contributed by atoms with Gasteiger partial charge < -0.3 is 10.0 Å². The fourth-order valence-corrected chi connectivity index (χ4v) is 1.69. The van der Waals surface area contributed by atoms with Crippen LogP contribution in [0.25, 0.3) is 0 Å². The first-order valence-electron chi connectivity index (χ1n) is 6.27. The number of carbonyl (C=O) groups excluding carboxylic acids is 1. The van der Waals surface area contributed by atoms with E-state index in [-0.39, 0.29) is 31.6 Å². The number of allylic oxidation sites excluding steroid dienone is 1. The minimum Gasteiger partial charge on any atom is -0.480 e. The first kappa shape index (κ1) is 17.5. The first-order valence-corrected chi connectivity index (χ1v) is 6.27. The van der Waals surface area contributed by atoms with E-state index in [1.54, 1.807) is 6.08 Å². The number of unbranched alkanes of at least 4 members (excludes halogenated alkanes) is 1. The van der Waals surface area contributed by atoms with Crippen LogP contribution in [0.5, 0.6) is 0 Å². The molecule has 1 atom stereocenters. The van der Waals surface area contributed by atoms with Crippen molar-refractivity contribution < 1.29 is 23.5 Å². The highest BCUT2D eigenvalue weighted by molar-refractivity contribution is 5.83. The lowest BCUT2D eigenvalue weighted by Gasteiger charge is -2.24. The summed E-state index contributed by atoms with van der Waals surface area (Å²) in [6, 6.07) is -0.949. The Morgan fingerprint density at radius 1 is 1.32 bits per heavy atom. The number of amides is 1. The Bertz CT molecular complexity index is 308. The van der Waals surface area contributed by atoms with E-state index in [9.17, 15) is 18.4 Å². The maximum atomic E-state index is 12.0. The number of aliphatic carboxylic acids is 1. The summed E-state index contributed by atoms with van der Waals surface area (Å²) in [6.45, 7) is 3.49. The van der Waals surface area contributed by atoms with Crippen molar-refractivity contribution in [2.75, 3.05) is 7.05 Å². The van der Waals surface area contributed by atoms with Gasteiger partial charge in [0.05, 0.1) is 0 Å². The Kier molecular flexibility index (Phi) is 8.74. The molecule has 0 aliphatic carbocycles. The molecule has 6 heteroatoms. The molecule has 1 N–H and O–H groups in total. The average Bonchev–Trinajstić information content (AvgIpc) is 2.34. The molecule has 0 rings (SSSR count). The third-order valence-corrected chi connectivity index (χ3v) is 2.86. The number of carboxylic acids is 1. The van der Waals surface area contributed by atoms with E-state index >= 15 is 0 Å². The number of hydrogen-bond donors (Lipinski definition) is 1. The second kappa shape index (κ2) is 9.47. The number of nitrogens with zero attached hydrogens (tertiary/aromatic N) is 1. The molecule has 0 radical (unpaired) electrons. The summed E-state index contributed by atoms with van der Waals surface area (Å²) in [5.41, 5.74) is 0. The lowest BCUT2D eigenvalue weighted by molar-refractivity contribution is -0.149.